The number of benzene rings is 2. The maximum absolute atomic E-state index is 13.0. The first kappa shape index (κ1) is 23.7. The van der Waals surface area contributed by atoms with Crippen molar-refractivity contribution in [1.82, 2.24) is 10.0 Å². The van der Waals surface area contributed by atoms with Gasteiger partial charge in [0.2, 0.25) is 0 Å². The molecule has 2 aromatic carbocycles. The smallest absolute Gasteiger partial charge is 0.429 e. The van der Waals surface area contributed by atoms with Crippen LogP contribution in [0.5, 0.6) is 0 Å². The molecule has 6 nitrogen and oxygen atoms in total. The van der Waals surface area contributed by atoms with Crippen LogP contribution < -0.4 is 0 Å². The SMILES string of the molecule is CC(C)N(C(=O)OCc1ccccc1)N(Cc1ccc(Br)cc1)C(=O)OC(C)(C)C. The predicted molar refractivity (Wildman–Crippen MR) is 120 cm³/mol. The molecule has 0 aliphatic heterocycles. The fraction of sp³-hybridized carbons (Fsp3) is 0.391. The van der Waals surface area contributed by atoms with Crippen molar-refractivity contribution < 1.29 is 19.1 Å². The third-order valence-electron chi connectivity index (χ3n) is 3.99. The van der Waals surface area contributed by atoms with Crippen LogP contribution >= 0.6 is 15.9 Å². The van der Waals surface area contributed by atoms with Crippen molar-refractivity contribution >= 4 is 28.1 Å². The average Bonchev–Trinajstić information content (AvgIpc) is 2.66. The van der Waals surface area contributed by atoms with E-state index in [1.54, 1.807) is 20.8 Å². The molecule has 0 aliphatic carbocycles. The highest BCUT2D eigenvalue weighted by Crippen LogP contribution is 2.19. The van der Waals surface area contributed by atoms with Gasteiger partial charge < -0.3 is 9.47 Å². The first-order valence-corrected chi connectivity index (χ1v) is 10.6. The molecule has 0 spiro atoms. The molecule has 0 aromatic heterocycles. The van der Waals surface area contributed by atoms with E-state index in [0.29, 0.717) is 0 Å². The summed E-state index contributed by atoms with van der Waals surface area (Å²) in [5.41, 5.74) is 1.02. The zero-order valence-corrected chi connectivity index (χ0v) is 19.7. The van der Waals surface area contributed by atoms with Crippen LogP contribution in [0, 0.1) is 0 Å². The quantitative estimate of drug-likeness (QED) is 0.485. The molecule has 162 valence electrons. The Morgan fingerprint density at radius 3 is 2.07 bits per heavy atom. The lowest BCUT2D eigenvalue weighted by Gasteiger charge is -2.37. The molecule has 0 unspecified atom stereocenters. The minimum absolute atomic E-state index is 0.114. The standard InChI is InChI=1S/C23H29BrN2O4/c1-17(2)26(22(28)29-16-19-9-7-6-8-10-19)25(21(27)30-23(3,4)5)15-18-11-13-20(24)14-12-18/h6-14,17H,15-16H2,1-5H3. The number of rotatable bonds is 5. The summed E-state index contributed by atoms with van der Waals surface area (Å²) in [6.07, 6.45) is -1.23. The molecule has 2 aromatic rings. The first-order valence-electron chi connectivity index (χ1n) is 9.81. The van der Waals surface area contributed by atoms with E-state index in [1.165, 1.54) is 10.0 Å². The van der Waals surface area contributed by atoms with Crippen molar-refractivity contribution in [3.8, 4) is 0 Å². The monoisotopic (exact) mass is 476 g/mol. The highest BCUT2D eigenvalue weighted by Gasteiger charge is 2.33. The average molecular weight is 477 g/mol. The van der Waals surface area contributed by atoms with E-state index in [4.69, 9.17) is 9.47 Å². The van der Waals surface area contributed by atoms with Gasteiger partial charge in [-0.15, -0.1) is 0 Å². The number of hydrazine groups is 1. The second-order valence-electron chi connectivity index (χ2n) is 8.14. The molecule has 0 N–H and O–H groups in total. The number of ether oxygens (including phenoxy) is 2. The molecular formula is C23H29BrN2O4. The van der Waals surface area contributed by atoms with Gasteiger partial charge in [-0.05, 0) is 57.9 Å². The molecule has 0 bridgehead atoms. The summed E-state index contributed by atoms with van der Waals surface area (Å²) >= 11 is 3.41. The topological polar surface area (TPSA) is 59.1 Å². The van der Waals surface area contributed by atoms with Gasteiger partial charge in [0.25, 0.3) is 0 Å². The van der Waals surface area contributed by atoms with E-state index in [2.05, 4.69) is 15.9 Å². The molecule has 30 heavy (non-hydrogen) atoms. The van der Waals surface area contributed by atoms with E-state index >= 15 is 0 Å². The van der Waals surface area contributed by atoms with Crippen LogP contribution in [0.1, 0.15) is 45.7 Å². The second-order valence-corrected chi connectivity index (χ2v) is 9.06. The Labute approximate surface area is 186 Å². The Bertz CT molecular complexity index is 833. The predicted octanol–water partition coefficient (Wildman–Crippen LogP) is 6.15. The maximum Gasteiger partial charge on any atom is 0.429 e. The van der Waals surface area contributed by atoms with Crippen LogP contribution in [0.25, 0.3) is 0 Å². The molecule has 0 saturated carbocycles. The van der Waals surface area contributed by atoms with E-state index in [0.717, 1.165) is 15.6 Å². The van der Waals surface area contributed by atoms with Gasteiger partial charge in [-0.25, -0.2) is 19.6 Å². The number of hydrogen-bond acceptors (Lipinski definition) is 4. The van der Waals surface area contributed by atoms with Crippen molar-refractivity contribution in [3.63, 3.8) is 0 Å². The van der Waals surface area contributed by atoms with Gasteiger partial charge in [-0.3, -0.25) is 0 Å². The van der Waals surface area contributed by atoms with Gasteiger partial charge in [0.05, 0.1) is 12.6 Å². The number of hydrogen-bond donors (Lipinski definition) is 0. The number of carbonyl (C=O) groups excluding carboxylic acids is 2. The molecule has 0 saturated heterocycles. The van der Waals surface area contributed by atoms with E-state index < -0.39 is 17.8 Å². The lowest BCUT2D eigenvalue weighted by atomic mass is 10.2. The normalized spacial score (nSPS) is 11.2. The van der Waals surface area contributed by atoms with Crippen LogP contribution in [0.3, 0.4) is 0 Å². The Balaban J connectivity index is 2.26. The number of carbonyl (C=O) groups is 2. The van der Waals surface area contributed by atoms with Crippen LogP contribution in [0.4, 0.5) is 9.59 Å². The Morgan fingerprint density at radius 1 is 0.933 bits per heavy atom. The number of halogens is 1. The number of amides is 2. The highest BCUT2D eigenvalue weighted by atomic mass is 79.9. The largest absolute Gasteiger partial charge is 0.443 e. The fourth-order valence-electron chi connectivity index (χ4n) is 2.68. The van der Waals surface area contributed by atoms with Crippen molar-refractivity contribution in [3.05, 3.63) is 70.2 Å². The Hall–Kier alpha value is -2.54. The van der Waals surface area contributed by atoms with Crippen molar-refractivity contribution in [2.75, 3.05) is 0 Å². The van der Waals surface area contributed by atoms with Gasteiger partial charge in [0, 0.05) is 4.47 Å². The van der Waals surface area contributed by atoms with Crippen molar-refractivity contribution in [2.24, 2.45) is 0 Å². The van der Waals surface area contributed by atoms with E-state index in [1.807, 2.05) is 68.4 Å². The summed E-state index contributed by atoms with van der Waals surface area (Å²) in [6, 6.07) is 16.6. The molecule has 0 radical (unpaired) electrons. The summed E-state index contributed by atoms with van der Waals surface area (Å²) < 4.78 is 12.0. The van der Waals surface area contributed by atoms with Crippen LogP contribution in [0.2, 0.25) is 0 Å². The van der Waals surface area contributed by atoms with Gasteiger partial charge in [0.15, 0.2) is 0 Å². The van der Waals surface area contributed by atoms with Gasteiger partial charge in [0.1, 0.15) is 12.2 Å². The molecule has 7 heteroatoms. The molecule has 2 rings (SSSR count). The Kier molecular flexibility index (Phi) is 8.29. The molecular weight excluding hydrogens is 448 g/mol. The highest BCUT2D eigenvalue weighted by molar-refractivity contribution is 9.10. The molecule has 0 aliphatic rings. The van der Waals surface area contributed by atoms with E-state index in [9.17, 15) is 9.59 Å². The lowest BCUT2D eigenvalue weighted by Crippen LogP contribution is -2.53. The van der Waals surface area contributed by atoms with E-state index in [-0.39, 0.29) is 19.2 Å². The Morgan fingerprint density at radius 2 is 1.53 bits per heavy atom. The lowest BCUT2D eigenvalue weighted by molar-refractivity contribution is -0.0646. The molecule has 0 atom stereocenters. The summed E-state index contributed by atoms with van der Waals surface area (Å²) in [4.78, 5) is 26.0. The minimum atomic E-state index is -0.703. The summed E-state index contributed by atoms with van der Waals surface area (Å²) in [5, 5.41) is 2.60. The van der Waals surface area contributed by atoms with Crippen LogP contribution in [-0.4, -0.2) is 33.8 Å². The zero-order valence-electron chi connectivity index (χ0n) is 18.1. The third-order valence-corrected chi connectivity index (χ3v) is 4.52. The second kappa shape index (κ2) is 10.5. The van der Waals surface area contributed by atoms with Crippen molar-refractivity contribution in [1.29, 1.82) is 0 Å². The van der Waals surface area contributed by atoms with Gasteiger partial charge >= 0.3 is 12.2 Å². The molecule has 2 amide bonds. The minimum Gasteiger partial charge on any atom is -0.443 e. The van der Waals surface area contributed by atoms with Crippen molar-refractivity contribution in [2.45, 2.75) is 59.4 Å². The van der Waals surface area contributed by atoms with Gasteiger partial charge in [-0.2, -0.15) is 0 Å². The summed E-state index contributed by atoms with van der Waals surface area (Å²) in [5.74, 6) is 0. The summed E-state index contributed by atoms with van der Waals surface area (Å²) in [6.45, 7) is 9.29. The third kappa shape index (κ3) is 7.37. The first-order chi connectivity index (χ1) is 14.1. The number of nitrogens with zero attached hydrogens (tertiary/aromatic N) is 2. The van der Waals surface area contributed by atoms with Gasteiger partial charge in [-0.1, -0.05) is 58.4 Å². The zero-order chi connectivity index (χ0) is 22.3. The van der Waals surface area contributed by atoms with Crippen LogP contribution in [-0.2, 0) is 22.6 Å². The maximum atomic E-state index is 13.0. The fourth-order valence-corrected chi connectivity index (χ4v) is 2.94. The molecule has 0 fully saturated rings. The summed E-state index contributed by atoms with van der Waals surface area (Å²) in [7, 11) is 0. The molecule has 0 heterocycles. The van der Waals surface area contributed by atoms with Crippen LogP contribution in [0.15, 0.2) is 59.1 Å².